The quantitative estimate of drug-likeness (QED) is 0.820. The van der Waals surface area contributed by atoms with E-state index in [1.165, 1.54) is 0 Å². The minimum absolute atomic E-state index is 0.251. The van der Waals surface area contributed by atoms with Gasteiger partial charge in [0.2, 0.25) is 5.91 Å². The summed E-state index contributed by atoms with van der Waals surface area (Å²) < 4.78 is 5.86. The first-order chi connectivity index (χ1) is 8.08. The highest BCUT2D eigenvalue weighted by atomic mass is 79.9. The van der Waals surface area contributed by atoms with E-state index in [-0.39, 0.29) is 5.91 Å². The molecule has 0 aliphatic rings. The second kappa shape index (κ2) is 6.42. The molecule has 0 bridgehead atoms. The van der Waals surface area contributed by atoms with Crippen LogP contribution in [0.2, 0.25) is 0 Å². The van der Waals surface area contributed by atoms with Crippen molar-refractivity contribution in [2.45, 2.75) is 12.5 Å². The lowest BCUT2D eigenvalue weighted by molar-refractivity contribution is -0.117. The second-order valence-corrected chi connectivity index (χ2v) is 4.32. The number of anilines is 1. The third kappa shape index (κ3) is 3.87. The Kier molecular flexibility index (Phi) is 5.18. The fourth-order valence-corrected chi connectivity index (χ4v) is 1.58. The smallest absolute Gasteiger partial charge is 0.241 e. The minimum atomic E-state index is -0.592. The maximum Gasteiger partial charge on any atom is 0.241 e. The van der Waals surface area contributed by atoms with Gasteiger partial charge in [0.25, 0.3) is 0 Å². The highest BCUT2D eigenvalue weighted by Crippen LogP contribution is 2.27. The van der Waals surface area contributed by atoms with Crippen LogP contribution in [0.25, 0.3) is 0 Å². The first-order valence-electron chi connectivity index (χ1n) is 5.09. The second-order valence-electron chi connectivity index (χ2n) is 3.47. The molecular formula is C12H15BrN2O2. The molecule has 17 heavy (non-hydrogen) atoms. The van der Waals surface area contributed by atoms with Gasteiger partial charge in [-0.3, -0.25) is 4.79 Å². The average molecular weight is 299 g/mol. The van der Waals surface area contributed by atoms with E-state index in [0.717, 1.165) is 4.47 Å². The van der Waals surface area contributed by atoms with E-state index < -0.39 is 6.04 Å². The number of carbonyl (C=O) groups is 1. The van der Waals surface area contributed by atoms with Crippen molar-refractivity contribution in [1.29, 1.82) is 0 Å². The van der Waals surface area contributed by atoms with Gasteiger partial charge in [-0.2, -0.15) is 0 Å². The fourth-order valence-electron chi connectivity index (χ4n) is 1.24. The van der Waals surface area contributed by atoms with Gasteiger partial charge in [0.05, 0.1) is 18.8 Å². The zero-order valence-corrected chi connectivity index (χ0v) is 11.2. The van der Waals surface area contributed by atoms with Crippen molar-refractivity contribution in [3.05, 3.63) is 35.3 Å². The van der Waals surface area contributed by atoms with Gasteiger partial charge >= 0.3 is 0 Å². The van der Waals surface area contributed by atoms with E-state index in [1.54, 1.807) is 31.4 Å². The summed E-state index contributed by atoms with van der Waals surface area (Å²) in [4.78, 5) is 11.7. The molecule has 0 saturated heterocycles. The Morgan fingerprint density at radius 2 is 2.41 bits per heavy atom. The van der Waals surface area contributed by atoms with Crippen LogP contribution in [0.15, 0.2) is 35.3 Å². The molecule has 1 aromatic carbocycles. The van der Waals surface area contributed by atoms with Gasteiger partial charge in [-0.15, -0.1) is 6.58 Å². The molecule has 1 rings (SSSR count). The number of amides is 1. The van der Waals surface area contributed by atoms with Crippen molar-refractivity contribution in [2.24, 2.45) is 5.73 Å². The Labute approximate surface area is 109 Å². The number of halogens is 1. The topological polar surface area (TPSA) is 64.4 Å². The number of nitrogens with one attached hydrogen (secondary N) is 1. The number of hydrogen-bond donors (Lipinski definition) is 2. The summed E-state index contributed by atoms with van der Waals surface area (Å²) in [5.41, 5.74) is 6.30. The van der Waals surface area contributed by atoms with Crippen LogP contribution in [0, 0.1) is 0 Å². The number of carbonyl (C=O) groups excluding carboxylic acids is 1. The van der Waals surface area contributed by atoms with Gasteiger partial charge in [-0.25, -0.2) is 0 Å². The monoisotopic (exact) mass is 298 g/mol. The van der Waals surface area contributed by atoms with Crippen LogP contribution in [-0.2, 0) is 4.79 Å². The van der Waals surface area contributed by atoms with Crippen LogP contribution in [0.3, 0.4) is 0 Å². The van der Waals surface area contributed by atoms with E-state index in [4.69, 9.17) is 10.5 Å². The Balaban J connectivity index is 2.80. The van der Waals surface area contributed by atoms with Crippen LogP contribution >= 0.6 is 15.9 Å². The largest absolute Gasteiger partial charge is 0.497 e. The SMILES string of the molecule is C=CCC(N)C(=O)Nc1cc(OC)ccc1Br. The summed E-state index contributed by atoms with van der Waals surface area (Å²) in [6.07, 6.45) is 2.05. The van der Waals surface area contributed by atoms with Gasteiger partial charge in [-0.05, 0) is 34.5 Å². The summed E-state index contributed by atoms with van der Waals surface area (Å²) in [5.74, 6) is 0.416. The Hall–Kier alpha value is -1.33. The number of ether oxygens (including phenoxy) is 1. The molecule has 0 spiro atoms. The lowest BCUT2D eigenvalue weighted by Crippen LogP contribution is -2.35. The third-order valence-electron chi connectivity index (χ3n) is 2.19. The maximum absolute atomic E-state index is 11.7. The molecule has 0 aromatic heterocycles. The molecule has 4 nitrogen and oxygen atoms in total. The highest BCUT2D eigenvalue weighted by Gasteiger charge is 2.13. The first kappa shape index (κ1) is 13.7. The van der Waals surface area contributed by atoms with E-state index in [1.807, 2.05) is 0 Å². The molecule has 0 saturated carbocycles. The van der Waals surface area contributed by atoms with E-state index >= 15 is 0 Å². The minimum Gasteiger partial charge on any atom is -0.497 e. The molecule has 1 atom stereocenters. The van der Waals surface area contributed by atoms with Crippen LogP contribution in [0.4, 0.5) is 5.69 Å². The lowest BCUT2D eigenvalue weighted by Gasteiger charge is -2.12. The van der Waals surface area contributed by atoms with Gasteiger partial charge < -0.3 is 15.8 Å². The number of hydrogen-bond acceptors (Lipinski definition) is 3. The summed E-state index contributed by atoms with van der Waals surface area (Å²) in [7, 11) is 1.57. The molecule has 5 heteroatoms. The molecule has 0 aliphatic carbocycles. The molecule has 0 radical (unpaired) electrons. The summed E-state index contributed by atoms with van der Waals surface area (Å²) in [6, 6.07) is 4.73. The van der Waals surface area contributed by atoms with Gasteiger partial charge in [0.1, 0.15) is 5.75 Å². The van der Waals surface area contributed by atoms with E-state index in [2.05, 4.69) is 27.8 Å². The molecular weight excluding hydrogens is 284 g/mol. The molecule has 1 amide bonds. The van der Waals surface area contributed by atoms with Crippen molar-refractivity contribution in [3.63, 3.8) is 0 Å². The Morgan fingerprint density at radius 3 is 3.00 bits per heavy atom. The van der Waals surface area contributed by atoms with E-state index in [0.29, 0.717) is 17.9 Å². The van der Waals surface area contributed by atoms with Crippen LogP contribution in [0.5, 0.6) is 5.75 Å². The summed E-state index contributed by atoms with van der Waals surface area (Å²) in [6.45, 7) is 3.55. The Bertz CT molecular complexity index is 421. The van der Waals surface area contributed by atoms with Gasteiger partial charge in [0.15, 0.2) is 0 Å². The predicted octanol–water partition coefficient (Wildman–Crippen LogP) is 2.30. The zero-order valence-electron chi connectivity index (χ0n) is 9.57. The summed E-state index contributed by atoms with van der Waals surface area (Å²) >= 11 is 3.34. The first-order valence-corrected chi connectivity index (χ1v) is 5.88. The zero-order chi connectivity index (χ0) is 12.8. The number of rotatable bonds is 5. The number of nitrogens with two attached hydrogens (primary N) is 1. The molecule has 0 fully saturated rings. The van der Waals surface area contributed by atoms with Crippen molar-refractivity contribution < 1.29 is 9.53 Å². The van der Waals surface area contributed by atoms with Gasteiger partial charge in [-0.1, -0.05) is 6.08 Å². The van der Waals surface area contributed by atoms with E-state index in [9.17, 15) is 4.79 Å². The van der Waals surface area contributed by atoms with Crippen molar-refractivity contribution in [1.82, 2.24) is 0 Å². The average Bonchev–Trinajstić information content (AvgIpc) is 2.32. The molecule has 0 aliphatic heterocycles. The predicted molar refractivity (Wildman–Crippen MR) is 72.1 cm³/mol. The summed E-state index contributed by atoms with van der Waals surface area (Å²) in [5, 5.41) is 2.73. The molecule has 1 aromatic rings. The normalized spacial score (nSPS) is 11.7. The van der Waals surface area contributed by atoms with Crippen molar-refractivity contribution >= 4 is 27.5 Å². The van der Waals surface area contributed by atoms with Crippen LogP contribution in [0.1, 0.15) is 6.42 Å². The lowest BCUT2D eigenvalue weighted by atomic mass is 10.2. The van der Waals surface area contributed by atoms with Gasteiger partial charge in [0, 0.05) is 10.5 Å². The molecule has 92 valence electrons. The standard InChI is InChI=1S/C12H15BrN2O2/c1-3-4-10(14)12(16)15-11-7-8(17-2)5-6-9(11)13/h3,5-7,10H,1,4,14H2,2H3,(H,15,16). The molecule has 0 heterocycles. The Morgan fingerprint density at radius 1 is 1.71 bits per heavy atom. The molecule has 3 N–H and O–H groups in total. The fraction of sp³-hybridized carbons (Fsp3) is 0.250. The van der Waals surface area contributed by atoms with Crippen molar-refractivity contribution in [2.75, 3.05) is 12.4 Å². The number of benzene rings is 1. The van der Waals surface area contributed by atoms with Crippen molar-refractivity contribution in [3.8, 4) is 5.75 Å². The maximum atomic E-state index is 11.7. The van der Waals surface area contributed by atoms with Crippen LogP contribution in [-0.4, -0.2) is 19.1 Å². The number of methoxy groups -OCH3 is 1. The molecule has 1 unspecified atom stereocenters. The van der Waals surface area contributed by atoms with Crippen LogP contribution < -0.4 is 15.8 Å². The third-order valence-corrected chi connectivity index (χ3v) is 2.88. The highest BCUT2D eigenvalue weighted by molar-refractivity contribution is 9.10.